The first-order valence-corrected chi connectivity index (χ1v) is 8.91. The van der Waals surface area contributed by atoms with E-state index in [1.165, 1.54) is 6.20 Å². The smallest absolute Gasteiger partial charge is 0.260 e. The second-order valence-corrected chi connectivity index (χ2v) is 6.58. The molecule has 0 saturated heterocycles. The lowest BCUT2D eigenvalue weighted by Crippen LogP contribution is -2.13. The van der Waals surface area contributed by atoms with Crippen LogP contribution < -0.4 is 10.1 Å². The molecule has 0 unspecified atom stereocenters. The molecule has 4 rings (SSSR count). The summed E-state index contributed by atoms with van der Waals surface area (Å²) in [6.07, 6.45) is 1.52. The van der Waals surface area contributed by atoms with Gasteiger partial charge < -0.3 is 10.1 Å². The standard InChI is InChI=1S/C21H18N6O2/c1-12-8-15-17(9-14(12)10-22)25-26-20(15)24-21(28)16-11-23-27(13(16)2)18-6-4-5-7-19(18)29-3/h4-9,11H,1-3H3,(H2,24,25,26,28). The number of aromatic nitrogens is 4. The third-order valence-corrected chi connectivity index (χ3v) is 4.83. The molecule has 0 spiro atoms. The SMILES string of the molecule is COc1ccccc1-n1ncc(C(=O)Nc2n[nH]c3cc(C#N)c(C)cc23)c1C. The lowest BCUT2D eigenvalue weighted by molar-refractivity contribution is 0.102. The van der Waals surface area contributed by atoms with Crippen LogP contribution in [0.3, 0.4) is 0 Å². The number of aryl methyl sites for hydroxylation is 1. The topological polar surface area (TPSA) is 109 Å². The summed E-state index contributed by atoms with van der Waals surface area (Å²) in [6, 6.07) is 13.2. The van der Waals surface area contributed by atoms with Gasteiger partial charge in [0.2, 0.25) is 0 Å². The highest BCUT2D eigenvalue weighted by atomic mass is 16.5. The molecule has 0 bridgehead atoms. The number of para-hydroxylation sites is 2. The third kappa shape index (κ3) is 3.08. The van der Waals surface area contributed by atoms with E-state index in [9.17, 15) is 10.1 Å². The summed E-state index contributed by atoms with van der Waals surface area (Å²) in [5.74, 6) is 0.744. The molecule has 0 atom stereocenters. The first-order chi connectivity index (χ1) is 14.0. The number of nitrogens with zero attached hydrogens (tertiary/aromatic N) is 4. The minimum absolute atomic E-state index is 0.320. The van der Waals surface area contributed by atoms with Gasteiger partial charge in [0.15, 0.2) is 5.82 Å². The van der Waals surface area contributed by atoms with E-state index in [0.29, 0.717) is 33.9 Å². The Bertz CT molecular complexity index is 1280. The molecule has 2 aromatic carbocycles. The number of carbonyl (C=O) groups excluding carboxylic acids is 1. The molecule has 0 fully saturated rings. The number of ether oxygens (including phenoxy) is 1. The quantitative estimate of drug-likeness (QED) is 0.558. The third-order valence-electron chi connectivity index (χ3n) is 4.83. The van der Waals surface area contributed by atoms with Gasteiger partial charge in [0.05, 0.1) is 41.7 Å². The number of benzene rings is 2. The van der Waals surface area contributed by atoms with Crippen LogP contribution in [0.2, 0.25) is 0 Å². The summed E-state index contributed by atoms with van der Waals surface area (Å²) in [5, 5.41) is 24.1. The van der Waals surface area contributed by atoms with Crippen molar-refractivity contribution in [2.45, 2.75) is 13.8 Å². The number of fused-ring (bicyclic) bond motifs is 1. The van der Waals surface area contributed by atoms with Crippen LogP contribution in [0.1, 0.15) is 27.2 Å². The Hall–Kier alpha value is -4.12. The fraction of sp³-hybridized carbons (Fsp3) is 0.143. The van der Waals surface area contributed by atoms with Gasteiger partial charge in [-0.15, -0.1) is 0 Å². The number of nitriles is 1. The van der Waals surface area contributed by atoms with Crippen LogP contribution in [0.4, 0.5) is 5.82 Å². The molecule has 0 aliphatic carbocycles. The van der Waals surface area contributed by atoms with Gasteiger partial charge in [-0.2, -0.15) is 15.5 Å². The molecule has 8 heteroatoms. The van der Waals surface area contributed by atoms with Gasteiger partial charge in [0.1, 0.15) is 11.4 Å². The Morgan fingerprint density at radius 1 is 1.28 bits per heavy atom. The second-order valence-electron chi connectivity index (χ2n) is 6.58. The predicted molar refractivity (Wildman–Crippen MR) is 108 cm³/mol. The van der Waals surface area contributed by atoms with Crippen molar-refractivity contribution in [3.05, 3.63) is 65.0 Å². The average molecular weight is 386 g/mol. The summed E-state index contributed by atoms with van der Waals surface area (Å²) in [5.41, 5.74) is 3.91. The van der Waals surface area contributed by atoms with E-state index in [0.717, 1.165) is 16.6 Å². The zero-order valence-electron chi connectivity index (χ0n) is 16.1. The van der Waals surface area contributed by atoms with Crippen LogP contribution in [0.15, 0.2) is 42.6 Å². The molecule has 2 aromatic heterocycles. The molecule has 29 heavy (non-hydrogen) atoms. The van der Waals surface area contributed by atoms with Crippen LogP contribution in [-0.2, 0) is 0 Å². The molecule has 1 amide bonds. The first-order valence-electron chi connectivity index (χ1n) is 8.91. The highest BCUT2D eigenvalue weighted by molar-refractivity contribution is 6.08. The van der Waals surface area contributed by atoms with Gasteiger partial charge >= 0.3 is 0 Å². The highest BCUT2D eigenvalue weighted by Gasteiger charge is 2.19. The Balaban J connectivity index is 1.67. The summed E-state index contributed by atoms with van der Waals surface area (Å²) >= 11 is 0. The summed E-state index contributed by atoms with van der Waals surface area (Å²) in [6.45, 7) is 3.67. The number of amides is 1. The maximum atomic E-state index is 12.9. The van der Waals surface area contributed by atoms with Crippen molar-refractivity contribution in [3.63, 3.8) is 0 Å². The van der Waals surface area contributed by atoms with Crippen molar-refractivity contribution in [2.75, 3.05) is 12.4 Å². The van der Waals surface area contributed by atoms with Crippen LogP contribution in [0.5, 0.6) is 5.75 Å². The van der Waals surface area contributed by atoms with Crippen molar-refractivity contribution >= 4 is 22.6 Å². The number of methoxy groups -OCH3 is 1. The van der Waals surface area contributed by atoms with E-state index >= 15 is 0 Å². The van der Waals surface area contributed by atoms with E-state index < -0.39 is 0 Å². The molecule has 2 heterocycles. The number of H-pyrrole nitrogens is 1. The molecule has 144 valence electrons. The van der Waals surface area contributed by atoms with Crippen LogP contribution >= 0.6 is 0 Å². The molecular weight excluding hydrogens is 368 g/mol. The molecule has 0 saturated carbocycles. The lowest BCUT2D eigenvalue weighted by Gasteiger charge is -2.10. The largest absolute Gasteiger partial charge is 0.494 e. The predicted octanol–water partition coefficient (Wildman–Crippen LogP) is 3.50. The van der Waals surface area contributed by atoms with Crippen molar-refractivity contribution in [2.24, 2.45) is 0 Å². The summed E-state index contributed by atoms with van der Waals surface area (Å²) < 4.78 is 7.06. The number of aromatic amines is 1. The van der Waals surface area contributed by atoms with E-state index in [1.54, 1.807) is 17.9 Å². The van der Waals surface area contributed by atoms with Crippen LogP contribution in [-0.4, -0.2) is 33.0 Å². The van der Waals surface area contributed by atoms with E-state index in [4.69, 9.17) is 4.74 Å². The summed E-state index contributed by atoms with van der Waals surface area (Å²) in [7, 11) is 1.59. The van der Waals surface area contributed by atoms with Gasteiger partial charge in [0, 0.05) is 5.39 Å². The van der Waals surface area contributed by atoms with Crippen molar-refractivity contribution < 1.29 is 9.53 Å². The van der Waals surface area contributed by atoms with E-state index in [1.807, 2.05) is 44.2 Å². The Morgan fingerprint density at radius 3 is 2.83 bits per heavy atom. The van der Waals surface area contributed by atoms with Gasteiger partial charge in [-0.1, -0.05) is 12.1 Å². The number of hydrogen-bond donors (Lipinski definition) is 2. The maximum absolute atomic E-state index is 12.9. The molecule has 0 aliphatic rings. The molecule has 0 radical (unpaired) electrons. The highest BCUT2D eigenvalue weighted by Crippen LogP contribution is 2.26. The second kappa shape index (κ2) is 7.13. The fourth-order valence-corrected chi connectivity index (χ4v) is 3.24. The Morgan fingerprint density at radius 2 is 2.07 bits per heavy atom. The molecule has 4 aromatic rings. The average Bonchev–Trinajstić information content (AvgIpc) is 3.30. The summed E-state index contributed by atoms with van der Waals surface area (Å²) in [4.78, 5) is 12.9. The van der Waals surface area contributed by atoms with Crippen LogP contribution in [0.25, 0.3) is 16.6 Å². The number of nitrogens with one attached hydrogen (secondary N) is 2. The van der Waals surface area contributed by atoms with E-state index in [-0.39, 0.29) is 5.91 Å². The monoisotopic (exact) mass is 386 g/mol. The van der Waals surface area contributed by atoms with Gasteiger partial charge in [0.25, 0.3) is 5.91 Å². The van der Waals surface area contributed by atoms with E-state index in [2.05, 4.69) is 26.7 Å². The number of carbonyl (C=O) groups is 1. The molecule has 2 N–H and O–H groups in total. The Kier molecular flexibility index (Phi) is 4.49. The minimum atomic E-state index is -0.320. The lowest BCUT2D eigenvalue weighted by atomic mass is 10.1. The van der Waals surface area contributed by atoms with Crippen LogP contribution in [0, 0.1) is 25.2 Å². The zero-order chi connectivity index (χ0) is 20.5. The number of anilines is 1. The normalized spacial score (nSPS) is 10.7. The molecule has 8 nitrogen and oxygen atoms in total. The van der Waals surface area contributed by atoms with Crippen molar-refractivity contribution in [1.82, 2.24) is 20.0 Å². The maximum Gasteiger partial charge on any atom is 0.260 e. The van der Waals surface area contributed by atoms with Crippen molar-refractivity contribution in [1.29, 1.82) is 5.26 Å². The van der Waals surface area contributed by atoms with Gasteiger partial charge in [-0.05, 0) is 43.7 Å². The Labute approximate surface area is 166 Å². The van der Waals surface area contributed by atoms with Gasteiger partial charge in [-0.3, -0.25) is 9.89 Å². The molecule has 0 aliphatic heterocycles. The number of rotatable bonds is 4. The number of hydrogen-bond acceptors (Lipinski definition) is 5. The minimum Gasteiger partial charge on any atom is -0.494 e. The fourth-order valence-electron chi connectivity index (χ4n) is 3.24. The molecular formula is C21H18N6O2. The first kappa shape index (κ1) is 18.3. The zero-order valence-corrected chi connectivity index (χ0v) is 16.1. The van der Waals surface area contributed by atoms with Gasteiger partial charge in [-0.25, -0.2) is 4.68 Å². The van der Waals surface area contributed by atoms with Crippen molar-refractivity contribution in [3.8, 4) is 17.5 Å².